The highest BCUT2D eigenvalue weighted by molar-refractivity contribution is 5.68. The molecule has 0 heterocycles. The lowest BCUT2D eigenvalue weighted by molar-refractivity contribution is -0.137. The predicted octanol–water partition coefficient (Wildman–Crippen LogP) is 5.91. The first kappa shape index (κ1) is 22.6. The molecule has 0 spiro atoms. The van der Waals surface area contributed by atoms with Gasteiger partial charge in [-0.15, -0.1) is 0 Å². The molecule has 2 aromatic carbocycles. The van der Waals surface area contributed by atoms with Crippen molar-refractivity contribution < 1.29 is 27.4 Å². The molecule has 0 saturated carbocycles. The molecule has 29 heavy (non-hydrogen) atoms. The molecule has 0 aliphatic heterocycles. The van der Waals surface area contributed by atoms with Crippen molar-refractivity contribution in [1.29, 1.82) is 0 Å². The molecule has 0 aromatic heterocycles. The third-order valence-corrected chi connectivity index (χ3v) is 4.37. The quantitative estimate of drug-likeness (QED) is 0.544. The zero-order valence-electron chi connectivity index (χ0n) is 16.8. The molecule has 0 aliphatic carbocycles. The van der Waals surface area contributed by atoms with Gasteiger partial charge in [-0.3, -0.25) is 0 Å². The molecule has 2 rings (SSSR count). The van der Waals surface area contributed by atoms with Crippen molar-refractivity contribution in [2.45, 2.75) is 52.1 Å². The van der Waals surface area contributed by atoms with Crippen LogP contribution >= 0.6 is 0 Å². The Hall–Kier alpha value is -2.70. The van der Waals surface area contributed by atoms with E-state index in [1.54, 1.807) is 4.90 Å². The molecule has 1 atom stereocenters. The summed E-state index contributed by atoms with van der Waals surface area (Å²) in [5, 5.41) is 0. The van der Waals surface area contributed by atoms with Crippen LogP contribution in [0.5, 0.6) is 5.75 Å². The van der Waals surface area contributed by atoms with Crippen molar-refractivity contribution in [2.75, 3.05) is 6.61 Å². The van der Waals surface area contributed by atoms with Gasteiger partial charge >= 0.3 is 12.3 Å². The lowest BCUT2D eigenvalue weighted by Gasteiger charge is -2.28. The summed E-state index contributed by atoms with van der Waals surface area (Å²) >= 11 is 0. The maximum Gasteiger partial charge on any atom is 0.416 e. The third kappa shape index (κ3) is 7.00. The SMILES string of the molecule is CCC(COc1cccc(C(F)(F)F)c1)OC(=O)N(Cc1ccccc1)C(C)C. The second-order valence-electron chi connectivity index (χ2n) is 6.96. The van der Waals surface area contributed by atoms with Crippen LogP contribution in [0.3, 0.4) is 0 Å². The van der Waals surface area contributed by atoms with E-state index in [1.165, 1.54) is 12.1 Å². The molecule has 158 valence electrons. The fourth-order valence-corrected chi connectivity index (χ4v) is 2.63. The molecular weight excluding hydrogens is 383 g/mol. The Kier molecular flexibility index (Phi) is 7.93. The van der Waals surface area contributed by atoms with E-state index in [9.17, 15) is 18.0 Å². The van der Waals surface area contributed by atoms with Gasteiger partial charge in [0, 0.05) is 12.6 Å². The number of carbonyl (C=O) groups excluding carboxylic acids is 1. The highest BCUT2D eigenvalue weighted by atomic mass is 19.4. The van der Waals surface area contributed by atoms with E-state index in [-0.39, 0.29) is 18.4 Å². The molecule has 0 saturated heterocycles. The Bertz CT molecular complexity index is 778. The topological polar surface area (TPSA) is 38.8 Å². The molecule has 7 heteroatoms. The molecular formula is C22H26F3NO3. The predicted molar refractivity (Wildman–Crippen MR) is 105 cm³/mol. The van der Waals surface area contributed by atoms with Gasteiger partial charge in [0.15, 0.2) is 0 Å². The summed E-state index contributed by atoms with van der Waals surface area (Å²) in [5.74, 6) is 0.0827. The van der Waals surface area contributed by atoms with Gasteiger partial charge in [0.25, 0.3) is 0 Å². The van der Waals surface area contributed by atoms with Crippen molar-refractivity contribution in [3.8, 4) is 5.75 Å². The van der Waals surface area contributed by atoms with Crippen molar-refractivity contribution in [1.82, 2.24) is 4.90 Å². The summed E-state index contributed by atoms with van der Waals surface area (Å²) in [6, 6.07) is 14.1. The first-order chi connectivity index (χ1) is 13.7. The normalized spacial score (nSPS) is 12.5. The Morgan fingerprint density at radius 1 is 1.07 bits per heavy atom. The highest BCUT2D eigenvalue weighted by Gasteiger charge is 2.30. The van der Waals surface area contributed by atoms with Crippen LogP contribution in [-0.4, -0.2) is 29.7 Å². The van der Waals surface area contributed by atoms with Crippen molar-refractivity contribution in [3.63, 3.8) is 0 Å². The van der Waals surface area contributed by atoms with Gasteiger partial charge in [-0.05, 0) is 44.0 Å². The summed E-state index contributed by atoms with van der Waals surface area (Å²) < 4.78 is 49.5. The molecule has 1 amide bonds. The number of carbonyl (C=O) groups is 1. The smallest absolute Gasteiger partial charge is 0.416 e. The third-order valence-electron chi connectivity index (χ3n) is 4.37. The van der Waals surface area contributed by atoms with E-state index in [0.717, 1.165) is 17.7 Å². The van der Waals surface area contributed by atoms with Gasteiger partial charge in [0.2, 0.25) is 0 Å². The van der Waals surface area contributed by atoms with E-state index in [4.69, 9.17) is 9.47 Å². The monoisotopic (exact) mass is 409 g/mol. The Labute approximate surface area is 169 Å². The van der Waals surface area contributed by atoms with Crippen LogP contribution in [-0.2, 0) is 17.5 Å². The summed E-state index contributed by atoms with van der Waals surface area (Å²) in [5.41, 5.74) is 0.195. The van der Waals surface area contributed by atoms with Crippen molar-refractivity contribution in [2.24, 2.45) is 0 Å². The van der Waals surface area contributed by atoms with Gasteiger partial charge in [-0.1, -0.05) is 43.3 Å². The molecule has 2 aromatic rings. The molecule has 4 nitrogen and oxygen atoms in total. The van der Waals surface area contributed by atoms with Crippen LogP contribution in [0, 0.1) is 0 Å². The van der Waals surface area contributed by atoms with Gasteiger partial charge in [-0.2, -0.15) is 13.2 Å². The number of rotatable bonds is 8. The first-order valence-corrected chi connectivity index (χ1v) is 9.52. The standard InChI is InChI=1S/C22H26F3NO3/c1-4-19(15-28-20-12-8-11-18(13-20)22(23,24)25)29-21(27)26(16(2)3)14-17-9-6-5-7-10-17/h5-13,16,19H,4,14-15H2,1-3H3. The minimum absolute atomic E-state index is 0.0270. The van der Waals surface area contributed by atoms with E-state index in [1.807, 2.05) is 51.1 Å². The molecule has 1 unspecified atom stereocenters. The largest absolute Gasteiger partial charge is 0.490 e. The van der Waals surface area contributed by atoms with Crippen LogP contribution in [0.2, 0.25) is 0 Å². The maximum absolute atomic E-state index is 12.8. The van der Waals surface area contributed by atoms with Crippen molar-refractivity contribution >= 4 is 6.09 Å². The van der Waals surface area contributed by atoms with E-state index < -0.39 is 23.9 Å². The van der Waals surface area contributed by atoms with Gasteiger partial charge in [-0.25, -0.2) is 4.79 Å². The van der Waals surface area contributed by atoms with Crippen LogP contribution in [0.25, 0.3) is 0 Å². The Morgan fingerprint density at radius 2 is 1.76 bits per heavy atom. The Balaban J connectivity index is 1.98. The summed E-state index contributed by atoms with van der Waals surface area (Å²) in [6.45, 7) is 5.99. The van der Waals surface area contributed by atoms with E-state index in [2.05, 4.69) is 0 Å². The number of alkyl halides is 3. The van der Waals surface area contributed by atoms with Crippen LogP contribution in [0.4, 0.5) is 18.0 Å². The van der Waals surface area contributed by atoms with E-state index in [0.29, 0.717) is 13.0 Å². The van der Waals surface area contributed by atoms with Crippen LogP contribution < -0.4 is 4.74 Å². The van der Waals surface area contributed by atoms with Gasteiger partial charge < -0.3 is 14.4 Å². The Morgan fingerprint density at radius 3 is 2.34 bits per heavy atom. The zero-order valence-corrected chi connectivity index (χ0v) is 16.8. The summed E-state index contributed by atoms with van der Waals surface area (Å²) in [7, 11) is 0. The number of hydrogen-bond donors (Lipinski definition) is 0. The zero-order chi connectivity index (χ0) is 21.4. The fourth-order valence-electron chi connectivity index (χ4n) is 2.63. The lowest BCUT2D eigenvalue weighted by atomic mass is 10.2. The minimum atomic E-state index is -4.44. The summed E-state index contributed by atoms with van der Waals surface area (Å²) in [6.07, 6.45) is -5.02. The molecule has 0 aliphatic rings. The number of hydrogen-bond acceptors (Lipinski definition) is 3. The van der Waals surface area contributed by atoms with Gasteiger partial charge in [0.05, 0.1) is 5.56 Å². The molecule has 0 bridgehead atoms. The van der Waals surface area contributed by atoms with Crippen LogP contribution in [0.15, 0.2) is 54.6 Å². The van der Waals surface area contributed by atoms with Crippen LogP contribution in [0.1, 0.15) is 38.3 Å². The number of nitrogens with zero attached hydrogens (tertiary/aromatic N) is 1. The fraction of sp³-hybridized carbons (Fsp3) is 0.409. The second-order valence-corrected chi connectivity index (χ2v) is 6.96. The molecule has 0 radical (unpaired) electrons. The minimum Gasteiger partial charge on any atom is -0.490 e. The average molecular weight is 409 g/mol. The lowest BCUT2D eigenvalue weighted by Crippen LogP contribution is -2.39. The van der Waals surface area contributed by atoms with Crippen molar-refractivity contribution in [3.05, 3.63) is 65.7 Å². The molecule has 0 fully saturated rings. The number of ether oxygens (including phenoxy) is 2. The number of halogens is 3. The first-order valence-electron chi connectivity index (χ1n) is 9.52. The second kappa shape index (κ2) is 10.2. The maximum atomic E-state index is 12.8. The van der Waals surface area contributed by atoms with Gasteiger partial charge in [0.1, 0.15) is 18.5 Å². The number of benzene rings is 2. The van der Waals surface area contributed by atoms with E-state index >= 15 is 0 Å². The summed E-state index contributed by atoms with van der Waals surface area (Å²) in [4.78, 5) is 14.3. The average Bonchev–Trinajstić information content (AvgIpc) is 2.69. The highest BCUT2D eigenvalue weighted by Crippen LogP contribution is 2.31. The number of amides is 1. The molecule has 0 N–H and O–H groups in total.